The Balaban J connectivity index is 1.88. The summed E-state index contributed by atoms with van der Waals surface area (Å²) in [5.74, 6) is 0. The average molecular weight is 338 g/mol. The molecule has 0 unspecified atom stereocenters. The van der Waals surface area contributed by atoms with Gasteiger partial charge in [0.2, 0.25) is 0 Å². The van der Waals surface area contributed by atoms with Crippen molar-refractivity contribution < 1.29 is 14.6 Å². The van der Waals surface area contributed by atoms with Gasteiger partial charge in [-0.3, -0.25) is 10.00 Å². The molecular weight excluding hydrogens is 308 g/mol. The van der Waals surface area contributed by atoms with E-state index >= 15 is 0 Å². The van der Waals surface area contributed by atoms with E-state index in [9.17, 15) is 9.90 Å². The van der Waals surface area contributed by atoms with Crippen LogP contribution in [-0.4, -0.2) is 69.6 Å². The van der Waals surface area contributed by atoms with Crippen LogP contribution in [-0.2, 0) is 4.74 Å². The predicted molar refractivity (Wildman–Crippen MR) is 91.6 cm³/mol. The first kappa shape index (κ1) is 18.7. The van der Waals surface area contributed by atoms with Crippen molar-refractivity contribution in [3.63, 3.8) is 0 Å². The fourth-order valence-electron chi connectivity index (χ4n) is 3.09. The molecule has 1 aliphatic rings. The van der Waals surface area contributed by atoms with Crippen molar-refractivity contribution in [2.24, 2.45) is 0 Å². The molecule has 1 amide bonds. The summed E-state index contributed by atoms with van der Waals surface area (Å²) < 4.78 is 5.32. The molecule has 1 aromatic heterocycles. The van der Waals surface area contributed by atoms with Crippen molar-refractivity contribution in [3.8, 4) is 0 Å². The second-order valence-electron chi connectivity index (χ2n) is 7.55. The standard InChI is InChI=1S/C17H30N4O3/c1-17(2,3)24-16(23)20(4)11-14(22)12-21-8-6-5-7-15(21)13-9-18-19-10-13/h9-10,14-15,22H,5-8,11-12H2,1-4H3,(H,18,19)/t14-,15-/m1/s1. The number of β-amino-alcohol motifs (C(OH)–C–C–N with tert-alkyl or cyclic N) is 1. The number of nitrogens with one attached hydrogen (secondary N) is 1. The summed E-state index contributed by atoms with van der Waals surface area (Å²) in [6.07, 6.45) is 6.11. The number of aromatic nitrogens is 2. The number of aliphatic hydroxyl groups is 1. The molecule has 0 saturated carbocycles. The van der Waals surface area contributed by atoms with Gasteiger partial charge in [0.1, 0.15) is 5.60 Å². The van der Waals surface area contributed by atoms with E-state index in [2.05, 4.69) is 15.1 Å². The summed E-state index contributed by atoms with van der Waals surface area (Å²) in [5, 5.41) is 17.3. The zero-order valence-electron chi connectivity index (χ0n) is 15.2. The number of carbonyl (C=O) groups is 1. The van der Waals surface area contributed by atoms with E-state index in [0.29, 0.717) is 6.54 Å². The maximum atomic E-state index is 12.0. The Morgan fingerprint density at radius 3 is 2.92 bits per heavy atom. The van der Waals surface area contributed by atoms with Gasteiger partial charge >= 0.3 is 6.09 Å². The Labute approximate surface area is 144 Å². The molecule has 2 rings (SSSR count). The molecule has 7 heteroatoms. The molecule has 1 aromatic rings. The molecule has 2 heterocycles. The Hall–Kier alpha value is -1.60. The van der Waals surface area contributed by atoms with Crippen molar-refractivity contribution in [3.05, 3.63) is 18.0 Å². The number of hydrogen-bond donors (Lipinski definition) is 2. The highest BCUT2D eigenvalue weighted by molar-refractivity contribution is 5.67. The highest BCUT2D eigenvalue weighted by Gasteiger charge is 2.28. The van der Waals surface area contributed by atoms with Gasteiger partial charge in [-0.2, -0.15) is 5.10 Å². The zero-order chi connectivity index (χ0) is 17.7. The molecular formula is C17H30N4O3. The number of ether oxygens (including phenoxy) is 1. The van der Waals surface area contributed by atoms with Crippen LogP contribution in [0.15, 0.2) is 12.4 Å². The molecule has 0 aliphatic carbocycles. The van der Waals surface area contributed by atoms with E-state index < -0.39 is 17.8 Å². The van der Waals surface area contributed by atoms with Gasteiger partial charge in [0.05, 0.1) is 18.8 Å². The SMILES string of the molecule is CN(C[C@@H](O)CN1CCCC[C@@H]1c1cn[nH]c1)C(=O)OC(C)(C)C. The summed E-state index contributed by atoms with van der Waals surface area (Å²) in [5.41, 5.74) is 0.623. The second-order valence-corrected chi connectivity index (χ2v) is 7.55. The second kappa shape index (κ2) is 7.98. The van der Waals surface area contributed by atoms with Crippen LogP contribution in [0.1, 0.15) is 51.6 Å². The lowest BCUT2D eigenvalue weighted by atomic mass is 9.97. The molecule has 1 aliphatic heterocycles. The largest absolute Gasteiger partial charge is 0.444 e. The summed E-state index contributed by atoms with van der Waals surface area (Å²) in [7, 11) is 1.65. The van der Waals surface area contributed by atoms with Gasteiger partial charge < -0.3 is 14.7 Å². The quantitative estimate of drug-likeness (QED) is 0.860. The lowest BCUT2D eigenvalue weighted by Gasteiger charge is -2.37. The Kier molecular flexibility index (Phi) is 6.23. The normalized spacial score (nSPS) is 20.6. The van der Waals surface area contributed by atoms with Gasteiger partial charge in [-0.25, -0.2) is 4.79 Å². The Morgan fingerprint density at radius 1 is 1.54 bits per heavy atom. The van der Waals surface area contributed by atoms with Crippen LogP contribution in [0.25, 0.3) is 0 Å². The van der Waals surface area contributed by atoms with Gasteiger partial charge in [0, 0.05) is 31.4 Å². The van der Waals surface area contributed by atoms with Gasteiger partial charge in [-0.15, -0.1) is 0 Å². The molecule has 2 atom stereocenters. The number of aromatic amines is 1. The molecule has 1 fully saturated rings. The van der Waals surface area contributed by atoms with Gasteiger partial charge in [-0.1, -0.05) is 6.42 Å². The van der Waals surface area contributed by atoms with E-state index in [4.69, 9.17) is 4.74 Å². The van der Waals surface area contributed by atoms with Crippen LogP contribution in [0.2, 0.25) is 0 Å². The molecule has 0 radical (unpaired) electrons. The summed E-state index contributed by atoms with van der Waals surface area (Å²) in [6.45, 7) is 7.23. The first-order valence-corrected chi connectivity index (χ1v) is 8.61. The maximum absolute atomic E-state index is 12.0. The Morgan fingerprint density at radius 2 is 2.29 bits per heavy atom. The maximum Gasteiger partial charge on any atom is 0.410 e. The van der Waals surface area contributed by atoms with E-state index in [-0.39, 0.29) is 12.6 Å². The first-order valence-electron chi connectivity index (χ1n) is 8.61. The number of aliphatic hydroxyl groups excluding tert-OH is 1. The molecule has 1 saturated heterocycles. The highest BCUT2D eigenvalue weighted by atomic mass is 16.6. The topological polar surface area (TPSA) is 81.7 Å². The van der Waals surface area contributed by atoms with Crippen LogP contribution in [0.4, 0.5) is 4.79 Å². The summed E-state index contributed by atoms with van der Waals surface area (Å²) in [6, 6.07) is 0.277. The smallest absolute Gasteiger partial charge is 0.410 e. The number of rotatable bonds is 5. The number of nitrogens with zero attached hydrogens (tertiary/aromatic N) is 3. The van der Waals surface area contributed by atoms with Crippen LogP contribution >= 0.6 is 0 Å². The lowest BCUT2D eigenvalue weighted by Crippen LogP contribution is -2.44. The highest BCUT2D eigenvalue weighted by Crippen LogP contribution is 2.30. The van der Waals surface area contributed by atoms with Crippen LogP contribution in [0.3, 0.4) is 0 Å². The molecule has 0 bridgehead atoms. The molecule has 7 nitrogen and oxygen atoms in total. The molecule has 0 spiro atoms. The first-order chi connectivity index (χ1) is 11.3. The summed E-state index contributed by atoms with van der Waals surface area (Å²) >= 11 is 0. The number of piperidine rings is 1. The van der Waals surface area contributed by atoms with Crippen molar-refractivity contribution >= 4 is 6.09 Å². The van der Waals surface area contributed by atoms with Crippen molar-refractivity contribution in [1.29, 1.82) is 0 Å². The number of likely N-dealkylation sites (tertiary alicyclic amines) is 1. The fraction of sp³-hybridized carbons (Fsp3) is 0.765. The third-order valence-corrected chi connectivity index (χ3v) is 4.15. The zero-order valence-corrected chi connectivity index (χ0v) is 15.2. The number of hydrogen-bond acceptors (Lipinski definition) is 5. The van der Waals surface area contributed by atoms with Crippen molar-refractivity contribution in [2.75, 3.05) is 26.7 Å². The van der Waals surface area contributed by atoms with Crippen LogP contribution in [0, 0.1) is 0 Å². The van der Waals surface area contributed by atoms with Gasteiger partial charge in [0.25, 0.3) is 0 Å². The third-order valence-electron chi connectivity index (χ3n) is 4.15. The van der Waals surface area contributed by atoms with E-state index in [1.54, 1.807) is 7.05 Å². The van der Waals surface area contributed by atoms with E-state index in [0.717, 1.165) is 24.9 Å². The predicted octanol–water partition coefficient (Wildman–Crippen LogP) is 2.16. The summed E-state index contributed by atoms with van der Waals surface area (Å²) in [4.78, 5) is 15.7. The molecule has 2 N–H and O–H groups in total. The Bertz CT molecular complexity index is 512. The lowest BCUT2D eigenvalue weighted by molar-refractivity contribution is 0.0115. The molecule has 136 valence electrons. The minimum atomic E-state index is -0.616. The number of likely N-dealkylation sites (N-methyl/N-ethyl adjacent to an activating group) is 1. The molecule has 0 aromatic carbocycles. The fourth-order valence-corrected chi connectivity index (χ4v) is 3.09. The van der Waals surface area contributed by atoms with Gasteiger partial charge in [0.15, 0.2) is 0 Å². The van der Waals surface area contributed by atoms with E-state index in [1.807, 2.05) is 33.2 Å². The monoisotopic (exact) mass is 338 g/mol. The average Bonchev–Trinajstić information content (AvgIpc) is 2.99. The van der Waals surface area contributed by atoms with Crippen molar-refractivity contribution in [2.45, 2.75) is 57.8 Å². The van der Waals surface area contributed by atoms with Gasteiger partial charge in [-0.05, 0) is 40.2 Å². The molecule has 24 heavy (non-hydrogen) atoms. The minimum Gasteiger partial charge on any atom is -0.444 e. The van der Waals surface area contributed by atoms with Crippen LogP contribution < -0.4 is 0 Å². The van der Waals surface area contributed by atoms with Crippen LogP contribution in [0.5, 0.6) is 0 Å². The number of H-pyrrole nitrogens is 1. The number of carbonyl (C=O) groups excluding carboxylic acids is 1. The number of amides is 1. The minimum absolute atomic E-state index is 0.253. The third kappa shape index (κ3) is 5.49. The van der Waals surface area contributed by atoms with E-state index in [1.165, 1.54) is 11.3 Å². The van der Waals surface area contributed by atoms with Crippen molar-refractivity contribution in [1.82, 2.24) is 20.0 Å².